The summed E-state index contributed by atoms with van der Waals surface area (Å²) in [4.78, 5) is 29.4. The maximum Gasteiger partial charge on any atom is 0.255 e. The predicted octanol–water partition coefficient (Wildman–Crippen LogP) is 2.74. The largest absolute Gasteiger partial charge is 0.351 e. The van der Waals surface area contributed by atoms with E-state index in [1.54, 1.807) is 0 Å². The zero-order chi connectivity index (χ0) is 19.0. The molecule has 1 N–H and O–H groups in total. The molecule has 0 atom stereocenters. The topological polar surface area (TPSA) is 52.7 Å². The van der Waals surface area contributed by atoms with Crippen LogP contribution in [0.3, 0.4) is 0 Å². The maximum absolute atomic E-state index is 12.7. The van der Waals surface area contributed by atoms with E-state index in [-0.39, 0.29) is 11.8 Å². The summed E-state index contributed by atoms with van der Waals surface area (Å²) in [6.45, 7) is 3.34. The highest BCUT2D eigenvalue weighted by molar-refractivity contribution is 6.02. The highest BCUT2D eigenvalue weighted by Gasteiger charge is 2.44. The van der Waals surface area contributed by atoms with Gasteiger partial charge in [-0.3, -0.25) is 9.59 Å². The minimum atomic E-state index is -0.411. The van der Waals surface area contributed by atoms with Crippen LogP contribution in [-0.2, 0) is 11.2 Å². The van der Waals surface area contributed by atoms with Crippen molar-refractivity contribution < 1.29 is 9.59 Å². The first-order valence-electron chi connectivity index (χ1n) is 9.47. The lowest BCUT2D eigenvalue weighted by Gasteiger charge is -2.51. The number of aryl methyl sites for hydroxylation is 1. The lowest BCUT2D eigenvalue weighted by Crippen LogP contribution is -2.67. The summed E-state index contributed by atoms with van der Waals surface area (Å²) in [5, 5.41) is 3.20. The van der Waals surface area contributed by atoms with E-state index in [2.05, 4.69) is 10.2 Å². The summed E-state index contributed by atoms with van der Waals surface area (Å²) >= 11 is 0. The number of anilines is 1. The number of hydrogen-bond donors (Lipinski definition) is 1. The number of likely N-dealkylation sites (tertiary alicyclic amines) is 1. The smallest absolute Gasteiger partial charge is 0.255 e. The Labute approximate surface area is 160 Å². The average Bonchev–Trinajstić information content (AvgIpc) is 2.69. The van der Waals surface area contributed by atoms with Crippen molar-refractivity contribution in [3.05, 3.63) is 65.2 Å². The standard InChI is InChI=1S/C22H25N3O2/c1-16-7-9-17(10-8-16)15-20(26)25-13-11-22(12-14-25)23-21(27)18-5-3-4-6-19(18)24(22)2/h3-10H,11-15H2,1-2H3,(H,23,27). The van der Waals surface area contributed by atoms with Crippen LogP contribution in [0.2, 0.25) is 0 Å². The van der Waals surface area contributed by atoms with Crippen LogP contribution in [0.15, 0.2) is 48.5 Å². The molecule has 2 heterocycles. The molecule has 2 aliphatic rings. The molecule has 140 valence electrons. The number of nitrogens with one attached hydrogen (secondary N) is 1. The Morgan fingerprint density at radius 1 is 1.07 bits per heavy atom. The Morgan fingerprint density at radius 2 is 1.74 bits per heavy atom. The molecule has 1 saturated heterocycles. The van der Waals surface area contributed by atoms with Crippen molar-refractivity contribution >= 4 is 17.5 Å². The van der Waals surface area contributed by atoms with Gasteiger partial charge in [0.2, 0.25) is 5.91 Å². The van der Waals surface area contributed by atoms with E-state index < -0.39 is 5.66 Å². The Hall–Kier alpha value is -2.82. The second-order valence-corrected chi connectivity index (χ2v) is 7.61. The summed E-state index contributed by atoms with van der Waals surface area (Å²) in [7, 11) is 2.03. The Balaban J connectivity index is 1.45. The zero-order valence-corrected chi connectivity index (χ0v) is 15.9. The zero-order valence-electron chi connectivity index (χ0n) is 15.9. The van der Waals surface area contributed by atoms with Gasteiger partial charge in [-0.05, 0) is 24.6 Å². The second kappa shape index (κ2) is 6.72. The molecule has 0 unspecified atom stereocenters. The van der Waals surface area contributed by atoms with Crippen LogP contribution in [-0.4, -0.2) is 42.5 Å². The average molecular weight is 363 g/mol. The van der Waals surface area contributed by atoms with Crippen LogP contribution in [0.4, 0.5) is 5.69 Å². The number of para-hydroxylation sites is 1. The van der Waals surface area contributed by atoms with Crippen LogP contribution in [0.5, 0.6) is 0 Å². The van der Waals surface area contributed by atoms with Crippen LogP contribution in [0.1, 0.15) is 34.3 Å². The number of fused-ring (bicyclic) bond motifs is 1. The summed E-state index contributed by atoms with van der Waals surface area (Å²) in [6, 6.07) is 15.8. The van der Waals surface area contributed by atoms with E-state index in [0.29, 0.717) is 25.1 Å². The quantitative estimate of drug-likeness (QED) is 0.893. The molecule has 1 spiro atoms. The molecule has 2 aromatic carbocycles. The molecule has 0 radical (unpaired) electrons. The number of piperidine rings is 1. The molecular formula is C22H25N3O2. The molecule has 27 heavy (non-hydrogen) atoms. The van der Waals surface area contributed by atoms with Gasteiger partial charge >= 0.3 is 0 Å². The minimum Gasteiger partial charge on any atom is -0.351 e. The predicted molar refractivity (Wildman–Crippen MR) is 106 cm³/mol. The Morgan fingerprint density at radius 3 is 2.44 bits per heavy atom. The molecule has 5 nitrogen and oxygen atoms in total. The Kier molecular flexibility index (Phi) is 4.38. The molecule has 2 aliphatic heterocycles. The fourth-order valence-corrected chi connectivity index (χ4v) is 4.13. The van der Waals surface area contributed by atoms with Gasteiger partial charge in [-0.2, -0.15) is 0 Å². The number of amides is 2. The summed E-state index contributed by atoms with van der Waals surface area (Å²) < 4.78 is 0. The second-order valence-electron chi connectivity index (χ2n) is 7.61. The molecule has 4 rings (SSSR count). The number of carbonyl (C=O) groups is 2. The van der Waals surface area contributed by atoms with E-state index in [0.717, 1.165) is 24.1 Å². The molecule has 0 saturated carbocycles. The number of hydrogen-bond acceptors (Lipinski definition) is 3. The lowest BCUT2D eigenvalue weighted by molar-refractivity contribution is -0.132. The van der Waals surface area contributed by atoms with Crippen molar-refractivity contribution in [2.45, 2.75) is 31.8 Å². The van der Waals surface area contributed by atoms with Gasteiger partial charge in [0.25, 0.3) is 5.91 Å². The van der Waals surface area contributed by atoms with Crippen LogP contribution < -0.4 is 10.2 Å². The van der Waals surface area contributed by atoms with Crippen molar-refractivity contribution in [2.75, 3.05) is 25.0 Å². The van der Waals surface area contributed by atoms with Gasteiger partial charge in [0.15, 0.2) is 0 Å². The fourth-order valence-electron chi connectivity index (χ4n) is 4.13. The number of benzene rings is 2. The van der Waals surface area contributed by atoms with E-state index >= 15 is 0 Å². The lowest BCUT2D eigenvalue weighted by atomic mass is 9.90. The molecule has 2 amide bonds. The van der Waals surface area contributed by atoms with Gasteiger partial charge in [0.1, 0.15) is 5.66 Å². The van der Waals surface area contributed by atoms with Crippen LogP contribution in [0.25, 0.3) is 0 Å². The number of carbonyl (C=O) groups excluding carboxylic acids is 2. The normalized spacial score (nSPS) is 18.2. The van der Waals surface area contributed by atoms with Gasteiger partial charge in [-0.1, -0.05) is 42.0 Å². The SMILES string of the molecule is Cc1ccc(CC(=O)N2CCC3(CC2)NC(=O)c2ccccc2N3C)cc1. The molecule has 0 aromatic heterocycles. The summed E-state index contributed by atoms with van der Waals surface area (Å²) in [5.41, 5.74) is 3.50. The number of nitrogens with zero attached hydrogens (tertiary/aromatic N) is 2. The van der Waals surface area contributed by atoms with Crippen molar-refractivity contribution in [1.29, 1.82) is 0 Å². The summed E-state index contributed by atoms with van der Waals surface area (Å²) in [5.74, 6) is 0.127. The third-order valence-electron chi connectivity index (χ3n) is 5.92. The fraction of sp³-hybridized carbons (Fsp3) is 0.364. The first kappa shape index (κ1) is 17.6. The van der Waals surface area contributed by atoms with Crippen molar-refractivity contribution in [3.8, 4) is 0 Å². The van der Waals surface area contributed by atoms with Gasteiger partial charge in [-0.25, -0.2) is 0 Å². The highest BCUT2D eigenvalue weighted by atomic mass is 16.2. The molecule has 5 heteroatoms. The first-order valence-corrected chi connectivity index (χ1v) is 9.47. The third kappa shape index (κ3) is 3.18. The van der Waals surface area contributed by atoms with E-state index in [4.69, 9.17) is 0 Å². The Bertz CT molecular complexity index is 867. The van der Waals surface area contributed by atoms with Crippen LogP contribution in [0, 0.1) is 6.92 Å². The monoisotopic (exact) mass is 363 g/mol. The van der Waals surface area contributed by atoms with Gasteiger partial charge in [0.05, 0.1) is 17.7 Å². The van der Waals surface area contributed by atoms with Gasteiger partial charge in [0, 0.05) is 33.0 Å². The maximum atomic E-state index is 12.7. The third-order valence-corrected chi connectivity index (χ3v) is 5.92. The molecule has 0 bridgehead atoms. The van der Waals surface area contributed by atoms with Crippen molar-refractivity contribution in [2.24, 2.45) is 0 Å². The van der Waals surface area contributed by atoms with Crippen LogP contribution >= 0.6 is 0 Å². The minimum absolute atomic E-state index is 0.0249. The van der Waals surface area contributed by atoms with Gasteiger partial charge in [-0.15, -0.1) is 0 Å². The molecule has 0 aliphatic carbocycles. The van der Waals surface area contributed by atoms with Crippen molar-refractivity contribution in [3.63, 3.8) is 0 Å². The van der Waals surface area contributed by atoms with E-state index in [1.807, 2.05) is 67.4 Å². The van der Waals surface area contributed by atoms with Crippen molar-refractivity contribution in [1.82, 2.24) is 10.2 Å². The molecule has 1 fully saturated rings. The molecule has 2 aromatic rings. The highest BCUT2D eigenvalue weighted by Crippen LogP contribution is 2.36. The van der Waals surface area contributed by atoms with E-state index in [1.165, 1.54) is 5.56 Å². The van der Waals surface area contributed by atoms with E-state index in [9.17, 15) is 9.59 Å². The number of rotatable bonds is 2. The molecular weight excluding hydrogens is 338 g/mol. The first-order chi connectivity index (χ1) is 13.0. The van der Waals surface area contributed by atoms with Gasteiger partial charge < -0.3 is 15.1 Å². The summed E-state index contributed by atoms with van der Waals surface area (Å²) in [6.07, 6.45) is 1.88.